The normalized spacial score (nSPS) is 28.2. The van der Waals surface area contributed by atoms with Crippen molar-refractivity contribution in [3.8, 4) is 5.88 Å². The van der Waals surface area contributed by atoms with Crippen LogP contribution < -0.4 is 15.0 Å². The van der Waals surface area contributed by atoms with E-state index in [1.54, 1.807) is 16.7 Å². The van der Waals surface area contributed by atoms with E-state index in [9.17, 15) is 4.79 Å². The highest BCUT2D eigenvalue weighted by Gasteiger charge is 2.38. The number of rotatable bonds is 1. The number of fused-ring (bicyclic) bond motifs is 2. The molecule has 0 saturated carbocycles. The van der Waals surface area contributed by atoms with Gasteiger partial charge in [0.1, 0.15) is 6.10 Å². The van der Waals surface area contributed by atoms with Crippen molar-refractivity contribution < 1.29 is 14.3 Å². The first kappa shape index (κ1) is 13.1. The molecule has 4 rings (SSSR count). The predicted octanol–water partition coefficient (Wildman–Crippen LogP) is 0.896. The topological polar surface area (TPSA) is 76.6 Å². The third-order valence-electron chi connectivity index (χ3n) is 4.02. The third kappa shape index (κ3) is 2.42. The minimum atomic E-state index is -0.337. The monoisotopic (exact) mass is 308 g/mol. The number of thioether (sulfide) groups is 1. The fraction of sp³-hybridized carbons (Fsp3) is 0.615. The number of aromatic nitrogens is 2. The van der Waals surface area contributed by atoms with Crippen LogP contribution in [-0.4, -0.2) is 54.4 Å². The van der Waals surface area contributed by atoms with Crippen molar-refractivity contribution in [2.75, 3.05) is 36.9 Å². The van der Waals surface area contributed by atoms with Crippen molar-refractivity contribution >= 4 is 23.7 Å². The van der Waals surface area contributed by atoms with Crippen LogP contribution >= 0.6 is 11.8 Å². The quantitative estimate of drug-likeness (QED) is 0.826. The van der Waals surface area contributed by atoms with Crippen molar-refractivity contribution in [2.24, 2.45) is 5.92 Å². The van der Waals surface area contributed by atoms with Gasteiger partial charge in [-0.15, -0.1) is 22.0 Å². The SMILES string of the molecule is O=C1O[C@H]2CNCC[C@@H]2CN1c1cc2c(nn1)OCCS2. The predicted molar refractivity (Wildman–Crippen MR) is 76.8 cm³/mol. The zero-order valence-electron chi connectivity index (χ0n) is 11.4. The van der Waals surface area contributed by atoms with Crippen LogP contribution in [0.4, 0.5) is 10.6 Å². The summed E-state index contributed by atoms with van der Waals surface area (Å²) in [6, 6.07) is 1.87. The summed E-state index contributed by atoms with van der Waals surface area (Å²) in [5.41, 5.74) is 0. The van der Waals surface area contributed by atoms with Crippen LogP contribution in [0, 0.1) is 5.92 Å². The molecule has 112 valence electrons. The van der Waals surface area contributed by atoms with Crippen LogP contribution in [0.5, 0.6) is 5.88 Å². The molecule has 0 bridgehead atoms. The molecule has 0 spiro atoms. The zero-order chi connectivity index (χ0) is 14.2. The smallest absolute Gasteiger partial charge is 0.415 e. The Hall–Kier alpha value is -1.54. The van der Waals surface area contributed by atoms with Gasteiger partial charge in [-0.3, -0.25) is 4.90 Å². The number of hydrogen-bond donors (Lipinski definition) is 1. The highest BCUT2D eigenvalue weighted by atomic mass is 32.2. The number of anilines is 1. The molecule has 0 aromatic carbocycles. The third-order valence-corrected chi connectivity index (χ3v) is 5.00. The molecule has 0 radical (unpaired) electrons. The lowest BCUT2D eigenvalue weighted by molar-refractivity contribution is 0.0326. The summed E-state index contributed by atoms with van der Waals surface area (Å²) in [6.07, 6.45) is 0.645. The standard InChI is InChI=1S/C13H16N4O3S/c18-13-17(7-8-1-2-14-6-9(8)20-13)11-5-10-12(16-15-11)19-3-4-21-10/h5,8-9,14H,1-4,6-7H2/t8-,9+/m1/s1. The fourth-order valence-electron chi connectivity index (χ4n) is 2.90. The molecule has 8 heteroatoms. The van der Waals surface area contributed by atoms with Crippen LogP contribution in [0.3, 0.4) is 0 Å². The van der Waals surface area contributed by atoms with E-state index in [2.05, 4.69) is 15.5 Å². The van der Waals surface area contributed by atoms with Crippen molar-refractivity contribution in [1.82, 2.24) is 15.5 Å². The van der Waals surface area contributed by atoms with E-state index >= 15 is 0 Å². The minimum Gasteiger partial charge on any atom is -0.475 e. The number of carbonyl (C=O) groups excluding carboxylic acids is 1. The van der Waals surface area contributed by atoms with Crippen LogP contribution in [0.2, 0.25) is 0 Å². The number of nitrogens with zero attached hydrogens (tertiary/aromatic N) is 3. The van der Waals surface area contributed by atoms with Gasteiger partial charge in [0, 0.05) is 30.8 Å². The summed E-state index contributed by atoms with van der Waals surface area (Å²) in [6.45, 7) is 2.99. The maximum atomic E-state index is 12.2. The Balaban J connectivity index is 1.59. The largest absolute Gasteiger partial charge is 0.475 e. The van der Waals surface area contributed by atoms with E-state index in [-0.39, 0.29) is 12.2 Å². The molecule has 21 heavy (non-hydrogen) atoms. The van der Waals surface area contributed by atoms with Gasteiger partial charge in [0.2, 0.25) is 5.88 Å². The average Bonchev–Trinajstić information content (AvgIpc) is 2.54. The number of ether oxygens (including phenoxy) is 2. The molecule has 1 aromatic rings. The average molecular weight is 308 g/mol. The molecule has 1 amide bonds. The summed E-state index contributed by atoms with van der Waals surface area (Å²) in [4.78, 5) is 14.7. The van der Waals surface area contributed by atoms with Crippen molar-refractivity contribution in [2.45, 2.75) is 17.4 Å². The molecule has 0 unspecified atom stereocenters. The molecule has 4 heterocycles. The Morgan fingerprint density at radius 1 is 1.43 bits per heavy atom. The molecular weight excluding hydrogens is 292 g/mol. The molecule has 2 saturated heterocycles. The van der Waals surface area contributed by atoms with Crippen molar-refractivity contribution in [3.63, 3.8) is 0 Å². The zero-order valence-corrected chi connectivity index (χ0v) is 12.3. The summed E-state index contributed by atoms with van der Waals surface area (Å²) >= 11 is 1.67. The number of piperidine rings is 1. The lowest BCUT2D eigenvalue weighted by atomic mass is 9.93. The van der Waals surface area contributed by atoms with E-state index in [4.69, 9.17) is 9.47 Å². The molecule has 7 nitrogen and oxygen atoms in total. The van der Waals surface area contributed by atoms with Gasteiger partial charge in [-0.25, -0.2) is 4.79 Å². The lowest BCUT2D eigenvalue weighted by Gasteiger charge is -2.40. The van der Waals surface area contributed by atoms with E-state index in [1.807, 2.05) is 6.07 Å². The van der Waals surface area contributed by atoms with Crippen LogP contribution in [0.25, 0.3) is 0 Å². The van der Waals surface area contributed by atoms with Gasteiger partial charge in [-0.2, -0.15) is 0 Å². The van der Waals surface area contributed by atoms with Gasteiger partial charge >= 0.3 is 6.09 Å². The van der Waals surface area contributed by atoms with Gasteiger partial charge < -0.3 is 14.8 Å². The van der Waals surface area contributed by atoms with Gasteiger partial charge in [0.05, 0.1) is 11.5 Å². The minimum absolute atomic E-state index is 0.0224. The molecule has 1 N–H and O–H groups in total. The van der Waals surface area contributed by atoms with E-state index in [0.29, 0.717) is 30.8 Å². The first-order valence-corrected chi connectivity index (χ1v) is 8.12. The van der Waals surface area contributed by atoms with E-state index in [1.165, 1.54) is 0 Å². The van der Waals surface area contributed by atoms with Gasteiger partial charge in [0.25, 0.3) is 0 Å². The fourth-order valence-corrected chi connectivity index (χ4v) is 3.70. The first-order chi connectivity index (χ1) is 10.3. The molecule has 1 aromatic heterocycles. The molecule has 0 aliphatic carbocycles. The molecule has 3 aliphatic rings. The Labute approximate surface area is 126 Å². The summed E-state index contributed by atoms with van der Waals surface area (Å²) in [5.74, 6) is 2.35. The number of carbonyl (C=O) groups is 1. The highest BCUT2D eigenvalue weighted by Crippen LogP contribution is 2.34. The van der Waals surface area contributed by atoms with Gasteiger partial charge in [-0.05, 0) is 13.0 Å². The summed E-state index contributed by atoms with van der Waals surface area (Å²) < 4.78 is 11.0. The Morgan fingerprint density at radius 2 is 2.38 bits per heavy atom. The summed E-state index contributed by atoms with van der Waals surface area (Å²) in [5, 5.41) is 11.5. The maximum Gasteiger partial charge on any atom is 0.415 e. The van der Waals surface area contributed by atoms with Crippen LogP contribution in [0.15, 0.2) is 11.0 Å². The Bertz CT molecular complexity index is 570. The highest BCUT2D eigenvalue weighted by molar-refractivity contribution is 7.99. The number of amides is 1. The second-order valence-corrected chi connectivity index (χ2v) is 6.49. The second kappa shape index (κ2) is 5.34. The van der Waals surface area contributed by atoms with Gasteiger partial charge in [-0.1, -0.05) is 0 Å². The van der Waals surface area contributed by atoms with Crippen molar-refractivity contribution in [1.29, 1.82) is 0 Å². The summed E-state index contributed by atoms with van der Waals surface area (Å²) in [7, 11) is 0. The molecular formula is C13H16N4O3S. The van der Waals surface area contributed by atoms with E-state index in [0.717, 1.165) is 30.2 Å². The van der Waals surface area contributed by atoms with E-state index < -0.39 is 0 Å². The number of hydrogen-bond acceptors (Lipinski definition) is 7. The second-order valence-electron chi connectivity index (χ2n) is 5.35. The first-order valence-electron chi connectivity index (χ1n) is 7.13. The van der Waals surface area contributed by atoms with Crippen LogP contribution in [-0.2, 0) is 4.74 Å². The van der Waals surface area contributed by atoms with Crippen LogP contribution in [0.1, 0.15) is 6.42 Å². The lowest BCUT2D eigenvalue weighted by Crippen LogP contribution is -2.55. The Kier molecular flexibility index (Phi) is 3.34. The van der Waals surface area contributed by atoms with Gasteiger partial charge in [0.15, 0.2) is 5.82 Å². The molecule has 3 aliphatic heterocycles. The molecule has 2 atom stereocenters. The Morgan fingerprint density at radius 3 is 3.33 bits per heavy atom. The maximum absolute atomic E-state index is 12.2. The number of nitrogens with one attached hydrogen (secondary N) is 1. The molecule has 2 fully saturated rings. The van der Waals surface area contributed by atoms with Crippen molar-refractivity contribution in [3.05, 3.63) is 6.07 Å².